The molecule has 0 bridgehead atoms. The Bertz CT molecular complexity index is 433. The minimum Gasteiger partial charge on any atom is -0.493 e. The van der Waals surface area contributed by atoms with Crippen LogP contribution in [0.25, 0.3) is 0 Å². The molecule has 4 nitrogen and oxygen atoms in total. The summed E-state index contributed by atoms with van der Waals surface area (Å²) in [6.45, 7) is 5.11. The summed E-state index contributed by atoms with van der Waals surface area (Å²) < 4.78 is 17.7. The van der Waals surface area contributed by atoms with Crippen LogP contribution in [0.4, 0.5) is 0 Å². The van der Waals surface area contributed by atoms with E-state index in [9.17, 15) is 0 Å². The summed E-state index contributed by atoms with van der Waals surface area (Å²) in [4.78, 5) is 0. The van der Waals surface area contributed by atoms with Gasteiger partial charge in [0.25, 0.3) is 0 Å². The minimum atomic E-state index is 0.347. The van der Waals surface area contributed by atoms with Crippen molar-refractivity contribution >= 4 is 15.9 Å². The largest absolute Gasteiger partial charge is 0.493 e. The van der Waals surface area contributed by atoms with Gasteiger partial charge in [0.05, 0.1) is 19.8 Å². The number of hydrogen-bond donors (Lipinski definition) is 1. The predicted molar refractivity (Wildman–Crippen MR) is 82.5 cm³/mol. The quantitative estimate of drug-likeness (QED) is 0.825. The third-order valence-electron chi connectivity index (χ3n) is 3.32. The van der Waals surface area contributed by atoms with Crippen LogP contribution in [0.3, 0.4) is 0 Å². The first-order chi connectivity index (χ1) is 9.74. The first kappa shape index (κ1) is 15.6. The summed E-state index contributed by atoms with van der Waals surface area (Å²) >= 11 is 3.51. The van der Waals surface area contributed by atoms with E-state index in [0.29, 0.717) is 12.7 Å². The zero-order valence-electron chi connectivity index (χ0n) is 12.1. The molecule has 1 aliphatic rings. The van der Waals surface area contributed by atoms with Crippen LogP contribution in [0.1, 0.15) is 25.3 Å². The van der Waals surface area contributed by atoms with E-state index < -0.39 is 0 Å². The normalized spacial score (nSPS) is 18.2. The second-order valence-electron chi connectivity index (χ2n) is 4.80. The van der Waals surface area contributed by atoms with E-state index in [2.05, 4.69) is 27.3 Å². The molecule has 1 saturated heterocycles. The summed E-state index contributed by atoms with van der Waals surface area (Å²) in [6.07, 6.45) is 2.66. The van der Waals surface area contributed by atoms with E-state index in [4.69, 9.17) is 14.2 Å². The van der Waals surface area contributed by atoms with Crippen molar-refractivity contribution in [3.05, 3.63) is 22.2 Å². The molecule has 112 valence electrons. The molecular weight excluding hydrogens is 322 g/mol. The number of rotatable bonds is 7. The Morgan fingerprint density at radius 3 is 2.95 bits per heavy atom. The number of methoxy groups -OCH3 is 1. The second kappa shape index (κ2) is 7.86. The number of halogens is 1. The van der Waals surface area contributed by atoms with Crippen molar-refractivity contribution in [2.45, 2.75) is 32.4 Å². The van der Waals surface area contributed by atoms with Crippen molar-refractivity contribution in [3.63, 3.8) is 0 Å². The van der Waals surface area contributed by atoms with Crippen LogP contribution < -0.4 is 14.8 Å². The highest BCUT2D eigenvalue weighted by atomic mass is 79.9. The third-order valence-corrected chi connectivity index (χ3v) is 3.77. The SMILES string of the molecule is CCOc1c(CNC[C@@H]2CCCO2)cc(Br)cc1OC. The molecule has 20 heavy (non-hydrogen) atoms. The molecule has 0 aromatic heterocycles. The van der Waals surface area contributed by atoms with Gasteiger partial charge < -0.3 is 19.5 Å². The van der Waals surface area contributed by atoms with Gasteiger partial charge in [-0.05, 0) is 31.9 Å². The standard InChI is InChI=1S/C15H22BrNO3/c1-3-19-15-11(7-12(16)8-14(15)18-2)9-17-10-13-5-4-6-20-13/h7-8,13,17H,3-6,9-10H2,1-2H3/t13-/m0/s1. The Labute approximate surface area is 128 Å². The molecule has 5 heteroatoms. The van der Waals surface area contributed by atoms with Crippen LogP contribution in [0.15, 0.2) is 16.6 Å². The Morgan fingerprint density at radius 1 is 1.45 bits per heavy atom. The van der Waals surface area contributed by atoms with E-state index in [1.165, 1.54) is 6.42 Å². The average Bonchev–Trinajstić information content (AvgIpc) is 2.94. The molecule has 0 saturated carbocycles. The van der Waals surface area contributed by atoms with Gasteiger partial charge in [-0.25, -0.2) is 0 Å². The topological polar surface area (TPSA) is 39.7 Å². The lowest BCUT2D eigenvalue weighted by atomic mass is 10.1. The van der Waals surface area contributed by atoms with E-state index in [1.807, 2.05) is 13.0 Å². The van der Waals surface area contributed by atoms with Crippen LogP contribution in [0, 0.1) is 0 Å². The molecule has 1 aromatic carbocycles. The predicted octanol–water partition coefficient (Wildman–Crippen LogP) is 3.13. The molecule has 1 aromatic rings. The van der Waals surface area contributed by atoms with Gasteiger partial charge >= 0.3 is 0 Å². The van der Waals surface area contributed by atoms with Crippen LogP contribution >= 0.6 is 15.9 Å². The highest BCUT2D eigenvalue weighted by Gasteiger charge is 2.16. The van der Waals surface area contributed by atoms with E-state index in [0.717, 1.165) is 47.7 Å². The van der Waals surface area contributed by atoms with Crippen LogP contribution in [0.5, 0.6) is 11.5 Å². The van der Waals surface area contributed by atoms with Gasteiger partial charge in [0, 0.05) is 29.7 Å². The van der Waals surface area contributed by atoms with Crippen LogP contribution in [-0.2, 0) is 11.3 Å². The molecule has 0 radical (unpaired) electrons. The average molecular weight is 344 g/mol. The summed E-state index contributed by atoms with van der Waals surface area (Å²) in [5.74, 6) is 1.58. The molecule has 1 aliphatic heterocycles. The first-order valence-electron chi connectivity index (χ1n) is 7.06. The third kappa shape index (κ3) is 4.11. The molecule has 1 heterocycles. The molecule has 1 fully saturated rings. The fourth-order valence-electron chi connectivity index (χ4n) is 2.39. The Balaban J connectivity index is 2.02. The highest BCUT2D eigenvalue weighted by molar-refractivity contribution is 9.10. The van der Waals surface area contributed by atoms with Gasteiger partial charge in [0.15, 0.2) is 11.5 Å². The maximum atomic E-state index is 5.72. The van der Waals surface area contributed by atoms with Gasteiger partial charge in [0.1, 0.15) is 0 Å². The molecule has 0 amide bonds. The van der Waals surface area contributed by atoms with Crippen molar-refractivity contribution in [1.82, 2.24) is 5.32 Å². The Morgan fingerprint density at radius 2 is 2.30 bits per heavy atom. The fraction of sp³-hybridized carbons (Fsp3) is 0.600. The van der Waals surface area contributed by atoms with E-state index in [1.54, 1.807) is 7.11 Å². The zero-order valence-corrected chi connectivity index (χ0v) is 13.7. The summed E-state index contributed by atoms with van der Waals surface area (Å²) in [7, 11) is 1.66. The summed E-state index contributed by atoms with van der Waals surface area (Å²) in [5.41, 5.74) is 1.09. The maximum Gasteiger partial charge on any atom is 0.165 e. The smallest absolute Gasteiger partial charge is 0.165 e. The monoisotopic (exact) mass is 343 g/mol. The van der Waals surface area contributed by atoms with Crippen LogP contribution in [0.2, 0.25) is 0 Å². The first-order valence-corrected chi connectivity index (χ1v) is 7.85. The second-order valence-corrected chi connectivity index (χ2v) is 5.71. The maximum absolute atomic E-state index is 5.72. The van der Waals surface area contributed by atoms with Gasteiger partial charge in [-0.15, -0.1) is 0 Å². The van der Waals surface area contributed by atoms with Gasteiger partial charge in [-0.1, -0.05) is 15.9 Å². The molecular formula is C15H22BrNO3. The van der Waals surface area contributed by atoms with Gasteiger partial charge in [-0.3, -0.25) is 0 Å². The molecule has 2 rings (SSSR count). The van der Waals surface area contributed by atoms with Crippen LogP contribution in [-0.4, -0.2) is 33.0 Å². The van der Waals surface area contributed by atoms with Crippen molar-refractivity contribution in [1.29, 1.82) is 0 Å². The van der Waals surface area contributed by atoms with Crippen molar-refractivity contribution < 1.29 is 14.2 Å². The molecule has 1 N–H and O–H groups in total. The molecule has 1 atom stereocenters. The lowest BCUT2D eigenvalue weighted by Gasteiger charge is -2.16. The summed E-state index contributed by atoms with van der Waals surface area (Å²) in [6, 6.07) is 3.99. The molecule has 0 aliphatic carbocycles. The highest BCUT2D eigenvalue weighted by Crippen LogP contribution is 2.34. The number of benzene rings is 1. The van der Waals surface area contributed by atoms with Gasteiger partial charge in [0.2, 0.25) is 0 Å². The van der Waals surface area contributed by atoms with Crippen molar-refractivity contribution in [2.24, 2.45) is 0 Å². The number of nitrogens with one attached hydrogen (secondary N) is 1. The molecule has 0 spiro atoms. The summed E-state index contributed by atoms with van der Waals surface area (Å²) in [5, 5.41) is 3.44. The van der Waals surface area contributed by atoms with E-state index in [-0.39, 0.29) is 0 Å². The number of ether oxygens (including phenoxy) is 3. The van der Waals surface area contributed by atoms with Gasteiger partial charge in [-0.2, -0.15) is 0 Å². The zero-order chi connectivity index (χ0) is 14.4. The van der Waals surface area contributed by atoms with E-state index >= 15 is 0 Å². The fourth-order valence-corrected chi connectivity index (χ4v) is 2.87. The minimum absolute atomic E-state index is 0.347. The number of hydrogen-bond acceptors (Lipinski definition) is 4. The Kier molecular flexibility index (Phi) is 6.13. The Hall–Kier alpha value is -0.780. The van der Waals surface area contributed by atoms with Crippen molar-refractivity contribution in [2.75, 3.05) is 26.9 Å². The molecule has 0 unspecified atom stereocenters. The lowest BCUT2D eigenvalue weighted by molar-refractivity contribution is 0.110. The lowest BCUT2D eigenvalue weighted by Crippen LogP contribution is -2.26. The van der Waals surface area contributed by atoms with Crippen molar-refractivity contribution in [3.8, 4) is 11.5 Å².